The molecule has 6 nitrogen and oxygen atoms in total. The van der Waals surface area contributed by atoms with Crippen molar-refractivity contribution in [1.29, 1.82) is 0 Å². The van der Waals surface area contributed by atoms with Crippen molar-refractivity contribution >= 4 is 29.3 Å². The van der Waals surface area contributed by atoms with Crippen LogP contribution in [0.3, 0.4) is 0 Å². The van der Waals surface area contributed by atoms with Gasteiger partial charge in [0.2, 0.25) is 11.8 Å². The fourth-order valence-corrected chi connectivity index (χ4v) is 3.31. The molecule has 1 heterocycles. The quantitative estimate of drug-likeness (QED) is 0.751. The summed E-state index contributed by atoms with van der Waals surface area (Å²) in [5.74, 6) is -1.41. The van der Waals surface area contributed by atoms with E-state index in [9.17, 15) is 18.8 Å². The molecule has 1 fully saturated rings. The lowest BCUT2D eigenvalue weighted by Gasteiger charge is -2.31. The summed E-state index contributed by atoms with van der Waals surface area (Å²) in [6, 6.07) is 12.3. The minimum absolute atomic E-state index is 0.0363. The van der Waals surface area contributed by atoms with Crippen LogP contribution >= 0.6 is 11.6 Å². The number of piperidine rings is 1. The van der Waals surface area contributed by atoms with Gasteiger partial charge in [-0.15, -0.1) is 0 Å². The van der Waals surface area contributed by atoms with Crippen LogP contribution in [0.5, 0.6) is 0 Å². The van der Waals surface area contributed by atoms with E-state index in [2.05, 4.69) is 10.9 Å². The molecule has 2 aromatic rings. The summed E-state index contributed by atoms with van der Waals surface area (Å²) in [7, 11) is 0. The molecule has 8 heteroatoms. The number of rotatable bonds is 4. The number of likely N-dealkylation sites (tertiary alicyclic amines) is 1. The van der Waals surface area contributed by atoms with Gasteiger partial charge in [0.1, 0.15) is 5.82 Å². The smallest absolute Gasteiger partial charge is 0.253 e. The summed E-state index contributed by atoms with van der Waals surface area (Å²) in [5.41, 5.74) is 6.02. The molecule has 29 heavy (non-hydrogen) atoms. The van der Waals surface area contributed by atoms with Gasteiger partial charge < -0.3 is 4.90 Å². The lowest BCUT2D eigenvalue weighted by molar-refractivity contribution is -0.131. The van der Waals surface area contributed by atoms with Crippen molar-refractivity contribution in [2.45, 2.75) is 19.3 Å². The molecule has 0 radical (unpaired) electrons. The van der Waals surface area contributed by atoms with Gasteiger partial charge in [0.05, 0.1) is 6.42 Å². The summed E-state index contributed by atoms with van der Waals surface area (Å²) < 4.78 is 12.9. The highest BCUT2D eigenvalue weighted by Gasteiger charge is 2.28. The molecule has 0 aliphatic carbocycles. The van der Waals surface area contributed by atoms with Crippen molar-refractivity contribution in [1.82, 2.24) is 15.8 Å². The maximum atomic E-state index is 12.9. The Morgan fingerprint density at radius 3 is 2.21 bits per heavy atom. The molecule has 0 unspecified atom stereocenters. The average Bonchev–Trinajstić information content (AvgIpc) is 2.74. The Labute approximate surface area is 173 Å². The number of amides is 3. The highest BCUT2D eigenvalue weighted by atomic mass is 35.5. The highest BCUT2D eigenvalue weighted by Crippen LogP contribution is 2.20. The maximum Gasteiger partial charge on any atom is 0.253 e. The summed E-state index contributed by atoms with van der Waals surface area (Å²) in [5, 5.41) is 0.568. The highest BCUT2D eigenvalue weighted by molar-refractivity contribution is 6.30. The van der Waals surface area contributed by atoms with E-state index in [0.717, 1.165) is 0 Å². The molecule has 0 atom stereocenters. The molecule has 2 N–H and O–H groups in total. The van der Waals surface area contributed by atoms with E-state index in [1.165, 1.54) is 24.3 Å². The number of hydrogen-bond acceptors (Lipinski definition) is 3. The van der Waals surface area contributed by atoms with E-state index < -0.39 is 0 Å². The number of hydrazine groups is 1. The number of carbonyl (C=O) groups is 3. The van der Waals surface area contributed by atoms with Crippen molar-refractivity contribution in [3.8, 4) is 0 Å². The molecule has 0 spiro atoms. The SMILES string of the molecule is O=C(Cc1ccc(F)cc1)NNC(=O)C1CCN(C(=O)c2ccc(Cl)cc2)CC1. The van der Waals surface area contributed by atoms with Crippen LogP contribution < -0.4 is 10.9 Å². The third-order valence-corrected chi connectivity index (χ3v) is 5.10. The van der Waals surface area contributed by atoms with Gasteiger partial charge in [-0.1, -0.05) is 23.7 Å². The molecule has 0 aromatic heterocycles. The Bertz CT molecular complexity index is 879. The Morgan fingerprint density at radius 2 is 1.59 bits per heavy atom. The van der Waals surface area contributed by atoms with Crippen LogP contribution in [0.4, 0.5) is 4.39 Å². The molecule has 3 amide bonds. The normalized spacial score (nSPS) is 14.3. The molecule has 1 saturated heterocycles. The van der Waals surface area contributed by atoms with E-state index in [1.807, 2.05) is 0 Å². The first kappa shape index (κ1) is 20.8. The first-order chi connectivity index (χ1) is 13.9. The third kappa shape index (κ3) is 5.77. The lowest BCUT2D eigenvalue weighted by atomic mass is 9.95. The van der Waals surface area contributed by atoms with Gasteiger partial charge in [0.15, 0.2) is 0 Å². The number of nitrogens with one attached hydrogen (secondary N) is 2. The van der Waals surface area contributed by atoms with Crippen LogP contribution in [-0.4, -0.2) is 35.7 Å². The fraction of sp³-hybridized carbons (Fsp3) is 0.286. The minimum Gasteiger partial charge on any atom is -0.339 e. The Kier molecular flexibility index (Phi) is 6.82. The van der Waals surface area contributed by atoms with E-state index in [4.69, 9.17) is 11.6 Å². The molecule has 2 aromatic carbocycles. The van der Waals surface area contributed by atoms with E-state index in [0.29, 0.717) is 42.1 Å². The van der Waals surface area contributed by atoms with Crippen LogP contribution in [0.15, 0.2) is 48.5 Å². The van der Waals surface area contributed by atoms with E-state index >= 15 is 0 Å². The van der Waals surface area contributed by atoms with Crippen LogP contribution in [-0.2, 0) is 16.0 Å². The predicted octanol–water partition coefficient (Wildman–Crippen LogP) is 2.72. The Morgan fingerprint density at radius 1 is 0.966 bits per heavy atom. The largest absolute Gasteiger partial charge is 0.339 e. The average molecular weight is 418 g/mol. The minimum atomic E-state index is -0.389. The van der Waals surface area contributed by atoms with Gasteiger partial charge in [0, 0.05) is 29.6 Å². The van der Waals surface area contributed by atoms with Crippen molar-refractivity contribution in [3.05, 3.63) is 70.5 Å². The van der Waals surface area contributed by atoms with Crippen molar-refractivity contribution in [2.24, 2.45) is 5.92 Å². The van der Waals surface area contributed by atoms with E-state index in [1.54, 1.807) is 29.2 Å². The van der Waals surface area contributed by atoms with Crippen LogP contribution in [0.25, 0.3) is 0 Å². The van der Waals surface area contributed by atoms with Crippen LogP contribution in [0.1, 0.15) is 28.8 Å². The van der Waals surface area contributed by atoms with Gasteiger partial charge in [0.25, 0.3) is 5.91 Å². The first-order valence-electron chi connectivity index (χ1n) is 9.30. The van der Waals surface area contributed by atoms with Crippen molar-refractivity contribution < 1.29 is 18.8 Å². The molecule has 0 saturated carbocycles. The second-order valence-electron chi connectivity index (χ2n) is 6.91. The van der Waals surface area contributed by atoms with Crippen molar-refractivity contribution in [2.75, 3.05) is 13.1 Å². The lowest BCUT2D eigenvalue weighted by Crippen LogP contribution is -2.48. The number of halogens is 2. The topological polar surface area (TPSA) is 78.5 Å². The molecule has 152 valence electrons. The van der Waals surface area contributed by atoms with Crippen molar-refractivity contribution in [3.63, 3.8) is 0 Å². The van der Waals surface area contributed by atoms with Gasteiger partial charge >= 0.3 is 0 Å². The zero-order valence-corrected chi connectivity index (χ0v) is 16.4. The molecule has 0 bridgehead atoms. The van der Waals surface area contributed by atoms with Crippen LogP contribution in [0, 0.1) is 11.7 Å². The molecule has 1 aliphatic rings. The summed E-state index contributed by atoms with van der Waals surface area (Å²) in [6.45, 7) is 0.923. The summed E-state index contributed by atoms with van der Waals surface area (Å²) in [6.07, 6.45) is 1.06. The van der Waals surface area contributed by atoms with E-state index in [-0.39, 0.29) is 35.9 Å². The first-order valence-corrected chi connectivity index (χ1v) is 9.68. The number of hydrogen-bond donors (Lipinski definition) is 2. The van der Waals surface area contributed by atoms with Gasteiger partial charge in [-0.3, -0.25) is 25.2 Å². The zero-order chi connectivity index (χ0) is 20.8. The fourth-order valence-electron chi connectivity index (χ4n) is 3.19. The van der Waals surface area contributed by atoms with Gasteiger partial charge in [-0.2, -0.15) is 0 Å². The standard InChI is InChI=1S/C21H21ClFN3O3/c22-17-5-3-16(4-6-17)21(29)26-11-9-15(10-12-26)20(28)25-24-19(27)13-14-1-7-18(23)8-2-14/h1-8,15H,9-13H2,(H,24,27)(H,25,28). The second-order valence-corrected chi connectivity index (χ2v) is 7.35. The Balaban J connectivity index is 1.42. The Hall–Kier alpha value is -2.93. The number of nitrogens with zero attached hydrogens (tertiary/aromatic N) is 1. The maximum absolute atomic E-state index is 12.9. The van der Waals surface area contributed by atoms with Gasteiger partial charge in [-0.05, 0) is 54.8 Å². The summed E-state index contributed by atoms with van der Waals surface area (Å²) >= 11 is 5.85. The molecular formula is C21H21ClFN3O3. The predicted molar refractivity (Wildman–Crippen MR) is 106 cm³/mol. The number of benzene rings is 2. The second kappa shape index (κ2) is 9.52. The molecule has 1 aliphatic heterocycles. The molecule has 3 rings (SSSR count). The van der Waals surface area contributed by atoms with Crippen LogP contribution in [0.2, 0.25) is 5.02 Å². The monoisotopic (exact) mass is 417 g/mol. The number of carbonyl (C=O) groups excluding carboxylic acids is 3. The third-order valence-electron chi connectivity index (χ3n) is 4.85. The molecular weight excluding hydrogens is 397 g/mol. The van der Waals surface area contributed by atoms with Gasteiger partial charge in [-0.25, -0.2) is 4.39 Å². The zero-order valence-electron chi connectivity index (χ0n) is 15.7. The summed E-state index contributed by atoms with van der Waals surface area (Å²) in [4.78, 5) is 38.4.